The summed E-state index contributed by atoms with van der Waals surface area (Å²) in [6, 6.07) is 5.15. The summed E-state index contributed by atoms with van der Waals surface area (Å²) in [4.78, 5) is 14.2. The number of hydrogen-bond donors (Lipinski definition) is 1. The molecule has 6 heteroatoms. The van der Waals surface area contributed by atoms with Crippen LogP contribution in [0.3, 0.4) is 0 Å². The number of nitrogens with zero attached hydrogens (tertiary/aromatic N) is 1. The predicted octanol–water partition coefficient (Wildman–Crippen LogP) is 2.85. The smallest absolute Gasteiger partial charge is 0.255 e. The van der Waals surface area contributed by atoms with Gasteiger partial charge in [-0.15, -0.1) is 12.4 Å². The molecule has 0 unspecified atom stereocenters. The number of benzene rings is 1. The van der Waals surface area contributed by atoms with Gasteiger partial charge >= 0.3 is 0 Å². The van der Waals surface area contributed by atoms with Gasteiger partial charge in [0.05, 0.1) is 10.6 Å². The summed E-state index contributed by atoms with van der Waals surface area (Å²) in [5, 5.41) is 4.20. The van der Waals surface area contributed by atoms with Crippen molar-refractivity contribution in [2.45, 2.75) is 13.0 Å². The zero-order chi connectivity index (χ0) is 12.4. The molecule has 1 heterocycles. The van der Waals surface area contributed by atoms with Gasteiger partial charge in [-0.05, 0) is 25.1 Å². The van der Waals surface area contributed by atoms with Crippen LogP contribution in [-0.4, -0.2) is 36.5 Å². The topological polar surface area (TPSA) is 32.3 Å². The maximum absolute atomic E-state index is 12.3. The molecule has 1 atom stereocenters. The second-order valence-corrected chi connectivity index (χ2v) is 5.02. The molecule has 1 aromatic carbocycles. The highest BCUT2D eigenvalue weighted by Crippen LogP contribution is 2.23. The van der Waals surface area contributed by atoms with Crippen LogP contribution in [0.4, 0.5) is 0 Å². The monoisotopic (exact) mass is 308 g/mol. The third-order valence-electron chi connectivity index (χ3n) is 2.92. The van der Waals surface area contributed by atoms with E-state index in [1.54, 1.807) is 18.2 Å². The van der Waals surface area contributed by atoms with Crippen molar-refractivity contribution in [3.63, 3.8) is 0 Å². The van der Waals surface area contributed by atoms with Gasteiger partial charge in [0.25, 0.3) is 5.91 Å². The lowest BCUT2D eigenvalue weighted by Crippen LogP contribution is -2.52. The van der Waals surface area contributed by atoms with Crippen LogP contribution >= 0.6 is 35.6 Å². The number of rotatable bonds is 1. The fourth-order valence-corrected chi connectivity index (χ4v) is 2.45. The Morgan fingerprint density at radius 2 is 2.17 bits per heavy atom. The van der Waals surface area contributed by atoms with Crippen molar-refractivity contribution in [3.8, 4) is 0 Å². The molecule has 0 aromatic heterocycles. The van der Waals surface area contributed by atoms with Crippen LogP contribution < -0.4 is 5.32 Å². The van der Waals surface area contributed by atoms with E-state index in [4.69, 9.17) is 23.2 Å². The van der Waals surface area contributed by atoms with Crippen molar-refractivity contribution in [1.29, 1.82) is 0 Å². The summed E-state index contributed by atoms with van der Waals surface area (Å²) in [7, 11) is 0. The average Bonchev–Trinajstić information content (AvgIpc) is 2.29. The van der Waals surface area contributed by atoms with E-state index in [-0.39, 0.29) is 24.4 Å². The molecule has 1 aliphatic heterocycles. The zero-order valence-corrected chi connectivity index (χ0v) is 12.3. The second kappa shape index (κ2) is 6.62. The average molecular weight is 310 g/mol. The first-order chi connectivity index (χ1) is 8.09. The maximum Gasteiger partial charge on any atom is 0.255 e. The summed E-state index contributed by atoms with van der Waals surface area (Å²) >= 11 is 11.9. The van der Waals surface area contributed by atoms with Crippen molar-refractivity contribution in [1.82, 2.24) is 10.2 Å². The number of halogens is 3. The molecular formula is C12H15Cl3N2O. The van der Waals surface area contributed by atoms with Gasteiger partial charge in [0, 0.05) is 30.7 Å². The number of piperazine rings is 1. The van der Waals surface area contributed by atoms with Crippen molar-refractivity contribution < 1.29 is 4.79 Å². The zero-order valence-electron chi connectivity index (χ0n) is 9.95. The van der Waals surface area contributed by atoms with Crippen molar-refractivity contribution in [2.75, 3.05) is 19.6 Å². The Morgan fingerprint density at radius 1 is 1.44 bits per heavy atom. The number of amides is 1. The Balaban J connectivity index is 0.00000162. The number of hydrogen-bond acceptors (Lipinski definition) is 2. The molecule has 1 aliphatic rings. The quantitative estimate of drug-likeness (QED) is 0.865. The molecule has 0 spiro atoms. The highest BCUT2D eigenvalue weighted by molar-refractivity contribution is 6.36. The second-order valence-electron chi connectivity index (χ2n) is 4.18. The third-order valence-corrected chi connectivity index (χ3v) is 3.47. The molecule has 1 saturated heterocycles. The lowest BCUT2D eigenvalue weighted by atomic mass is 10.1. The normalized spacial score (nSPS) is 19.3. The van der Waals surface area contributed by atoms with Crippen LogP contribution in [0, 0.1) is 0 Å². The SMILES string of the molecule is C[C@@H]1CNCCN1C(=O)c1ccc(Cl)cc1Cl.Cl. The molecule has 0 saturated carbocycles. The van der Waals surface area contributed by atoms with Crippen molar-refractivity contribution in [2.24, 2.45) is 0 Å². The Labute approximate surface area is 123 Å². The van der Waals surface area contributed by atoms with Crippen molar-refractivity contribution in [3.05, 3.63) is 33.8 Å². The first-order valence-corrected chi connectivity index (χ1v) is 6.32. The fourth-order valence-electron chi connectivity index (χ4n) is 1.96. The predicted molar refractivity (Wildman–Crippen MR) is 77.1 cm³/mol. The Kier molecular flexibility index (Phi) is 5.73. The molecular weight excluding hydrogens is 295 g/mol. The minimum atomic E-state index is -0.0272. The summed E-state index contributed by atoms with van der Waals surface area (Å²) in [6.07, 6.45) is 0. The van der Waals surface area contributed by atoms with Gasteiger partial charge in [-0.25, -0.2) is 0 Å². The van der Waals surface area contributed by atoms with Crippen LogP contribution in [0.5, 0.6) is 0 Å². The van der Waals surface area contributed by atoms with E-state index in [0.717, 1.165) is 13.1 Å². The van der Waals surface area contributed by atoms with Crippen molar-refractivity contribution >= 4 is 41.5 Å². The molecule has 18 heavy (non-hydrogen) atoms. The highest BCUT2D eigenvalue weighted by Gasteiger charge is 2.25. The first kappa shape index (κ1) is 15.6. The van der Waals surface area contributed by atoms with Gasteiger partial charge in [0.15, 0.2) is 0 Å². The van der Waals surface area contributed by atoms with Crippen LogP contribution in [0.2, 0.25) is 10.0 Å². The van der Waals surface area contributed by atoms with E-state index in [0.29, 0.717) is 22.2 Å². The van der Waals surface area contributed by atoms with Gasteiger partial charge in [-0.1, -0.05) is 23.2 Å². The number of carbonyl (C=O) groups is 1. The summed E-state index contributed by atoms with van der Waals surface area (Å²) in [5.74, 6) is -0.0272. The molecule has 1 N–H and O–H groups in total. The van der Waals surface area contributed by atoms with Gasteiger partial charge in [0.1, 0.15) is 0 Å². The van der Waals surface area contributed by atoms with Gasteiger partial charge in [0.2, 0.25) is 0 Å². The molecule has 1 amide bonds. The molecule has 2 rings (SSSR count). The van der Waals surface area contributed by atoms with E-state index in [1.165, 1.54) is 0 Å². The lowest BCUT2D eigenvalue weighted by molar-refractivity contribution is 0.0656. The third kappa shape index (κ3) is 3.29. The largest absolute Gasteiger partial charge is 0.333 e. The number of nitrogens with one attached hydrogen (secondary N) is 1. The highest BCUT2D eigenvalue weighted by atomic mass is 35.5. The van der Waals surface area contributed by atoms with E-state index in [1.807, 2.05) is 11.8 Å². The standard InChI is InChI=1S/C12H14Cl2N2O.ClH/c1-8-7-15-4-5-16(8)12(17)10-3-2-9(13)6-11(10)14;/h2-3,6,8,15H,4-5,7H2,1H3;1H/t8-;/m1./s1. The van der Waals surface area contributed by atoms with Crippen LogP contribution in [0.1, 0.15) is 17.3 Å². The molecule has 0 bridgehead atoms. The van der Waals surface area contributed by atoms with Gasteiger partial charge in [-0.3, -0.25) is 4.79 Å². The maximum atomic E-state index is 12.3. The van der Waals surface area contributed by atoms with E-state index < -0.39 is 0 Å². The molecule has 0 radical (unpaired) electrons. The van der Waals surface area contributed by atoms with Crippen LogP contribution in [0.25, 0.3) is 0 Å². The Morgan fingerprint density at radius 3 is 2.78 bits per heavy atom. The molecule has 3 nitrogen and oxygen atoms in total. The minimum Gasteiger partial charge on any atom is -0.333 e. The van der Waals surface area contributed by atoms with E-state index in [2.05, 4.69) is 5.32 Å². The lowest BCUT2D eigenvalue weighted by Gasteiger charge is -2.34. The van der Waals surface area contributed by atoms with Gasteiger partial charge < -0.3 is 10.2 Å². The first-order valence-electron chi connectivity index (χ1n) is 5.56. The summed E-state index contributed by atoms with van der Waals surface area (Å²) in [5.41, 5.74) is 0.518. The van der Waals surface area contributed by atoms with E-state index in [9.17, 15) is 4.79 Å². The molecule has 0 aliphatic carbocycles. The number of carbonyl (C=O) groups excluding carboxylic acids is 1. The molecule has 1 fully saturated rings. The Bertz CT molecular complexity index is 439. The van der Waals surface area contributed by atoms with Crippen LogP contribution in [-0.2, 0) is 0 Å². The minimum absolute atomic E-state index is 0. The fraction of sp³-hybridized carbons (Fsp3) is 0.417. The summed E-state index contributed by atoms with van der Waals surface area (Å²) < 4.78 is 0. The van der Waals surface area contributed by atoms with E-state index >= 15 is 0 Å². The molecule has 1 aromatic rings. The summed E-state index contributed by atoms with van der Waals surface area (Å²) in [6.45, 7) is 4.37. The Hall–Kier alpha value is -0.480. The molecule has 100 valence electrons. The van der Waals surface area contributed by atoms with Crippen LogP contribution in [0.15, 0.2) is 18.2 Å². The van der Waals surface area contributed by atoms with Gasteiger partial charge in [-0.2, -0.15) is 0 Å².